The lowest BCUT2D eigenvalue weighted by Crippen LogP contribution is -1.95. The van der Waals surface area contributed by atoms with Crippen molar-refractivity contribution in [1.29, 1.82) is 0 Å². The lowest BCUT2D eigenvalue weighted by atomic mass is 10.5. The molecule has 2 N–H and O–H groups in total. The molecule has 3 nitrogen and oxygen atoms in total. The molecule has 0 amide bonds. The maximum atomic E-state index is 11.7. The fraction of sp³-hybridized carbons (Fsp3) is 0.200. The number of aromatic nitrogens is 2. The molecule has 1 heterocycles. The van der Waals surface area contributed by atoms with Crippen molar-refractivity contribution in [2.24, 2.45) is 0 Å². The van der Waals surface area contributed by atoms with Crippen LogP contribution in [0.15, 0.2) is 12.3 Å². The van der Waals surface area contributed by atoms with Gasteiger partial charge in [0.1, 0.15) is 12.5 Å². The van der Waals surface area contributed by atoms with Crippen molar-refractivity contribution >= 4 is 5.82 Å². The molecular weight excluding hydrogens is 121 g/mol. The number of rotatable bonds is 1. The summed E-state index contributed by atoms with van der Waals surface area (Å²) in [6.07, 6.45) is 1.43. The third-order valence-electron chi connectivity index (χ3n) is 0.847. The van der Waals surface area contributed by atoms with Gasteiger partial charge in [-0.15, -0.1) is 0 Å². The number of hydrogen-bond donors (Lipinski definition) is 1. The van der Waals surface area contributed by atoms with Gasteiger partial charge in [0.25, 0.3) is 0 Å². The summed E-state index contributed by atoms with van der Waals surface area (Å²) in [5.41, 5.74) is 5.22. The van der Waals surface area contributed by atoms with E-state index in [0.29, 0.717) is 5.82 Å². The first kappa shape index (κ1) is 5.94. The van der Waals surface area contributed by atoms with E-state index >= 15 is 0 Å². The largest absolute Gasteiger partial charge is 0.384 e. The molecule has 1 aromatic rings. The van der Waals surface area contributed by atoms with Crippen molar-refractivity contribution in [1.82, 2.24) is 9.97 Å². The fourth-order valence-electron chi connectivity index (χ4n) is 0.479. The van der Waals surface area contributed by atoms with Crippen LogP contribution in [0.2, 0.25) is 0 Å². The zero-order valence-corrected chi connectivity index (χ0v) is 4.71. The molecule has 1 rings (SSSR count). The monoisotopic (exact) mass is 127 g/mol. The molecule has 9 heavy (non-hydrogen) atoms. The Hall–Kier alpha value is -1.19. The molecule has 0 bridgehead atoms. The van der Waals surface area contributed by atoms with E-state index < -0.39 is 6.67 Å². The minimum Gasteiger partial charge on any atom is -0.384 e. The SMILES string of the molecule is Nc1ccnc(CF)n1. The Morgan fingerprint density at radius 2 is 2.44 bits per heavy atom. The molecule has 0 unspecified atom stereocenters. The Labute approximate surface area is 51.7 Å². The van der Waals surface area contributed by atoms with Crippen molar-refractivity contribution in [3.8, 4) is 0 Å². The average Bonchev–Trinajstić information content (AvgIpc) is 1.88. The summed E-state index contributed by atoms with van der Waals surface area (Å²) in [5.74, 6) is 0.438. The number of alkyl halides is 1. The van der Waals surface area contributed by atoms with Crippen molar-refractivity contribution in [3.05, 3.63) is 18.1 Å². The van der Waals surface area contributed by atoms with Gasteiger partial charge in [0.2, 0.25) is 0 Å². The lowest BCUT2D eigenvalue weighted by Gasteiger charge is -1.91. The number of anilines is 1. The molecule has 0 atom stereocenters. The van der Waals surface area contributed by atoms with Gasteiger partial charge in [0.05, 0.1) is 0 Å². The van der Waals surface area contributed by atoms with Crippen LogP contribution in [-0.4, -0.2) is 9.97 Å². The number of nitrogens with two attached hydrogens (primary N) is 1. The summed E-state index contributed by atoms with van der Waals surface area (Å²) < 4.78 is 11.7. The molecule has 48 valence electrons. The van der Waals surface area contributed by atoms with Crippen molar-refractivity contribution < 1.29 is 4.39 Å². The van der Waals surface area contributed by atoms with Crippen LogP contribution in [0, 0.1) is 0 Å². The first-order valence-electron chi connectivity index (χ1n) is 2.46. The Morgan fingerprint density at radius 3 is 2.89 bits per heavy atom. The highest BCUT2D eigenvalue weighted by Crippen LogP contribution is 1.96. The zero-order chi connectivity index (χ0) is 6.69. The van der Waals surface area contributed by atoms with E-state index in [0.717, 1.165) is 0 Å². The number of halogens is 1. The molecule has 0 aliphatic rings. The minimum absolute atomic E-state index is 0.134. The van der Waals surface area contributed by atoms with Gasteiger partial charge in [-0.1, -0.05) is 0 Å². The van der Waals surface area contributed by atoms with Crippen LogP contribution in [-0.2, 0) is 6.67 Å². The topological polar surface area (TPSA) is 51.8 Å². The smallest absolute Gasteiger partial charge is 0.161 e. The number of nitrogens with zero attached hydrogens (tertiary/aromatic N) is 2. The zero-order valence-electron chi connectivity index (χ0n) is 4.71. The van der Waals surface area contributed by atoms with Gasteiger partial charge in [-0.3, -0.25) is 0 Å². The standard InChI is InChI=1S/C5H6FN3/c6-3-5-8-2-1-4(7)9-5/h1-2H,3H2,(H2,7,8,9). The second-order valence-corrected chi connectivity index (χ2v) is 1.53. The molecule has 4 heteroatoms. The molecule has 0 saturated heterocycles. The van der Waals surface area contributed by atoms with Crippen LogP contribution < -0.4 is 5.73 Å². The van der Waals surface area contributed by atoms with Crippen molar-refractivity contribution in [3.63, 3.8) is 0 Å². The summed E-state index contributed by atoms with van der Waals surface area (Å²) in [6, 6.07) is 1.51. The highest BCUT2D eigenvalue weighted by Gasteiger charge is 1.92. The van der Waals surface area contributed by atoms with Crippen molar-refractivity contribution in [2.45, 2.75) is 6.67 Å². The first-order valence-corrected chi connectivity index (χ1v) is 2.46. The first-order chi connectivity index (χ1) is 4.33. The highest BCUT2D eigenvalue weighted by molar-refractivity contribution is 5.24. The Bertz CT molecular complexity index is 201. The summed E-state index contributed by atoms with van der Waals surface area (Å²) >= 11 is 0. The highest BCUT2D eigenvalue weighted by atomic mass is 19.1. The van der Waals surface area contributed by atoms with Crippen LogP contribution in [0.1, 0.15) is 5.82 Å². The van der Waals surface area contributed by atoms with Crippen LogP contribution in [0.25, 0.3) is 0 Å². The lowest BCUT2D eigenvalue weighted by molar-refractivity contribution is 0.466. The number of nitrogen functional groups attached to an aromatic ring is 1. The molecule has 0 spiro atoms. The Balaban J connectivity index is 2.94. The van der Waals surface area contributed by atoms with Gasteiger partial charge in [0, 0.05) is 6.20 Å². The molecular formula is C5H6FN3. The average molecular weight is 127 g/mol. The van der Waals surface area contributed by atoms with Gasteiger partial charge >= 0.3 is 0 Å². The quantitative estimate of drug-likeness (QED) is 0.598. The summed E-state index contributed by atoms with van der Waals surface area (Å²) in [4.78, 5) is 7.18. The van der Waals surface area contributed by atoms with Gasteiger partial charge in [0.15, 0.2) is 5.82 Å². The molecule has 0 aliphatic carbocycles. The van der Waals surface area contributed by atoms with E-state index in [4.69, 9.17) is 5.73 Å². The summed E-state index contributed by atoms with van der Waals surface area (Å²) in [5, 5.41) is 0. The van der Waals surface area contributed by atoms with Gasteiger partial charge in [-0.25, -0.2) is 14.4 Å². The molecule has 0 aromatic carbocycles. The van der Waals surface area contributed by atoms with E-state index in [1.165, 1.54) is 12.3 Å². The van der Waals surface area contributed by atoms with E-state index in [9.17, 15) is 4.39 Å². The van der Waals surface area contributed by atoms with E-state index in [2.05, 4.69) is 9.97 Å². The third kappa shape index (κ3) is 1.35. The van der Waals surface area contributed by atoms with Crippen LogP contribution >= 0.6 is 0 Å². The third-order valence-corrected chi connectivity index (χ3v) is 0.847. The van der Waals surface area contributed by atoms with Crippen molar-refractivity contribution in [2.75, 3.05) is 5.73 Å². The van der Waals surface area contributed by atoms with E-state index in [1.54, 1.807) is 0 Å². The van der Waals surface area contributed by atoms with Crippen LogP contribution in [0.5, 0.6) is 0 Å². The molecule has 0 radical (unpaired) electrons. The summed E-state index contributed by atoms with van der Waals surface area (Å²) in [7, 11) is 0. The molecule has 0 fully saturated rings. The van der Waals surface area contributed by atoms with Gasteiger partial charge in [-0.05, 0) is 6.07 Å². The second-order valence-electron chi connectivity index (χ2n) is 1.53. The summed E-state index contributed by atoms with van der Waals surface area (Å²) in [6.45, 7) is -0.662. The molecule has 1 aromatic heterocycles. The van der Waals surface area contributed by atoms with Gasteiger partial charge in [-0.2, -0.15) is 0 Å². The van der Waals surface area contributed by atoms with Gasteiger partial charge < -0.3 is 5.73 Å². The Morgan fingerprint density at radius 1 is 1.67 bits per heavy atom. The normalized spacial score (nSPS) is 9.44. The minimum atomic E-state index is -0.662. The molecule has 0 aliphatic heterocycles. The van der Waals surface area contributed by atoms with Crippen LogP contribution in [0.4, 0.5) is 10.2 Å². The number of hydrogen-bond acceptors (Lipinski definition) is 3. The van der Waals surface area contributed by atoms with E-state index in [-0.39, 0.29) is 5.82 Å². The molecule has 0 saturated carbocycles. The van der Waals surface area contributed by atoms with E-state index in [1.807, 2.05) is 0 Å². The predicted octanol–water partition coefficient (Wildman–Crippen LogP) is 0.528. The maximum Gasteiger partial charge on any atom is 0.161 e. The fourth-order valence-corrected chi connectivity index (χ4v) is 0.479. The van der Waals surface area contributed by atoms with Crippen LogP contribution in [0.3, 0.4) is 0 Å². The maximum absolute atomic E-state index is 11.7. The predicted molar refractivity (Wildman–Crippen MR) is 31.3 cm³/mol. The second kappa shape index (κ2) is 2.39. The Kier molecular flexibility index (Phi) is 1.58.